The number of carbonyl (C=O) groups excluding carboxylic acids is 2. The van der Waals surface area contributed by atoms with Crippen molar-refractivity contribution in [3.05, 3.63) is 59.7 Å². The number of carboxylic acids is 1. The molecule has 0 radical (unpaired) electrons. The van der Waals surface area contributed by atoms with E-state index in [1.54, 1.807) is 13.8 Å². The molecule has 7 nitrogen and oxygen atoms in total. The van der Waals surface area contributed by atoms with Gasteiger partial charge in [-0.3, -0.25) is 4.79 Å². The van der Waals surface area contributed by atoms with Crippen molar-refractivity contribution < 1.29 is 24.2 Å². The van der Waals surface area contributed by atoms with E-state index in [1.807, 2.05) is 24.3 Å². The minimum absolute atomic E-state index is 0.0377. The molecule has 2 amide bonds. The number of carbonyl (C=O) groups is 3. The van der Waals surface area contributed by atoms with Crippen LogP contribution in [0.3, 0.4) is 0 Å². The van der Waals surface area contributed by atoms with E-state index >= 15 is 0 Å². The van der Waals surface area contributed by atoms with Crippen molar-refractivity contribution in [2.45, 2.75) is 51.5 Å². The first-order valence-electron chi connectivity index (χ1n) is 11.9. The second-order valence-electron chi connectivity index (χ2n) is 9.70. The summed E-state index contributed by atoms with van der Waals surface area (Å²) in [5.41, 5.74) is 3.78. The van der Waals surface area contributed by atoms with Crippen molar-refractivity contribution in [3.8, 4) is 11.1 Å². The third kappa shape index (κ3) is 4.65. The molecular formula is C27H32N2O5. The lowest BCUT2D eigenvalue weighted by molar-refractivity contribution is -0.145. The van der Waals surface area contributed by atoms with E-state index in [0.717, 1.165) is 35.1 Å². The summed E-state index contributed by atoms with van der Waals surface area (Å²) < 4.78 is 5.61. The lowest BCUT2D eigenvalue weighted by atomic mass is 9.84. The summed E-state index contributed by atoms with van der Waals surface area (Å²) in [5.74, 6) is -1.65. The van der Waals surface area contributed by atoms with E-state index in [4.69, 9.17) is 4.74 Å². The van der Waals surface area contributed by atoms with Gasteiger partial charge in [-0.25, -0.2) is 9.59 Å². The molecule has 2 aromatic carbocycles. The maximum absolute atomic E-state index is 13.1. The van der Waals surface area contributed by atoms with Crippen molar-refractivity contribution in [1.29, 1.82) is 0 Å². The molecule has 2 aromatic rings. The van der Waals surface area contributed by atoms with E-state index < -0.39 is 23.5 Å². The van der Waals surface area contributed by atoms with Crippen LogP contribution in [-0.2, 0) is 14.3 Å². The molecular weight excluding hydrogens is 432 g/mol. The number of amides is 2. The maximum atomic E-state index is 13.1. The number of rotatable bonds is 8. The van der Waals surface area contributed by atoms with Gasteiger partial charge in [0, 0.05) is 12.5 Å². The largest absolute Gasteiger partial charge is 0.480 e. The Morgan fingerprint density at radius 1 is 1.00 bits per heavy atom. The van der Waals surface area contributed by atoms with Crippen LogP contribution in [0, 0.1) is 11.3 Å². The number of carboxylic acid groups (broad SMARTS) is 1. The average molecular weight is 465 g/mol. The summed E-state index contributed by atoms with van der Waals surface area (Å²) in [6.45, 7) is 3.85. The van der Waals surface area contributed by atoms with E-state index in [2.05, 4.69) is 34.9 Å². The first kappa shape index (κ1) is 23.8. The minimum atomic E-state index is -1.05. The van der Waals surface area contributed by atoms with Gasteiger partial charge in [0.2, 0.25) is 5.91 Å². The summed E-state index contributed by atoms with van der Waals surface area (Å²) in [5, 5.41) is 14.9. The number of alkyl carbamates (subject to hydrolysis) is 1. The predicted molar refractivity (Wildman–Crippen MR) is 128 cm³/mol. The highest BCUT2D eigenvalue weighted by molar-refractivity contribution is 5.88. The lowest BCUT2D eigenvalue weighted by Crippen LogP contribution is -2.53. The van der Waals surface area contributed by atoms with Gasteiger partial charge in [0.15, 0.2) is 0 Å². The molecule has 7 heteroatoms. The van der Waals surface area contributed by atoms with Gasteiger partial charge in [0.05, 0.1) is 5.41 Å². The van der Waals surface area contributed by atoms with Crippen molar-refractivity contribution in [2.24, 2.45) is 11.3 Å². The summed E-state index contributed by atoms with van der Waals surface area (Å²) in [4.78, 5) is 37.2. The second-order valence-corrected chi connectivity index (χ2v) is 9.70. The van der Waals surface area contributed by atoms with Crippen molar-refractivity contribution >= 4 is 18.0 Å². The highest BCUT2D eigenvalue weighted by Gasteiger charge is 2.43. The number of nitrogens with one attached hydrogen (secondary N) is 2. The zero-order valence-electron chi connectivity index (χ0n) is 19.7. The van der Waals surface area contributed by atoms with E-state index in [9.17, 15) is 19.5 Å². The van der Waals surface area contributed by atoms with Gasteiger partial charge in [-0.1, -0.05) is 75.2 Å². The van der Waals surface area contributed by atoms with Crippen LogP contribution in [0.15, 0.2) is 48.5 Å². The third-order valence-corrected chi connectivity index (χ3v) is 7.18. The zero-order valence-corrected chi connectivity index (χ0v) is 19.7. The van der Waals surface area contributed by atoms with E-state index in [0.29, 0.717) is 12.8 Å². The number of hydrogen-bond acceptors (Lipinski definition) is 4. The third-order valence-electron chi connectivity index (χ3n) is 7.18. The molecule has 2 aliphatic carbocycles. The summed E-state index contributed by atoms with van der Waals surface area (Å²) in [6, 6.07) is 15.3. The van der Waals surface area contributed by atoms with Crippen molar-refractivity contribution in [2.75, 3.05) is 13.2 Å². The average Bonchev–Trinajstić information content (AvgIpc) is 3.43. The van der Waals surface area contributed by atoms with Gasteiger partial charge >= 0.3 is 12.1 Å². The molecule has 0 saturated heterocycles. The maximum Gasteiger partial charge on any atom is 0.407 e. The number of ether oxygens (including phenoxy) is 1. The second kappa shape index (κ2) is 9.87. The van der Waals surface area contributed by atoms with Crippen molar-refractivity contribution in [1.82, 2.24) is 10.6 Å². The Balaban J connectivity index is 1.38. The fourth-order valence-electron chi connectivity index (χ4n) is 5.23. The zero-order chi connectivity index (χ0) is 24.3. The summed E-state index contributed by atoms with van der Waals surface area (Å²) in [6.07, 6.45) is 2.36. The van der Waals surface area contributed by atoms with Crippen LogP contribution in [0.1, 0.15) is 56.6 Å². The highest BCUT2D eigenvalue weighted by Crippen LogP contribution is 2.44. The topological polar surface area (TPSA) is 105 Å². The highest BCUT2D eigenvalue weighted by atomic mass is 16.5. The molecule has 0 aromatic heterocycles. The minimum Gasteiger partial charge on any atom is -0.480 e. The number of fused-ring (bicyclic) bond motifs is 3. The molecule has 1 fully saturated rings. The van der Waals surface area contributed by atoms with E-state index in [1.165, 1.54) is 0 Å². The standard InChI is InChI=1S/C27H32N2O5/c1-17(2)23(24(30)31)29-25(32)27(13-7-8-14-27)16-28-26(33)34-15-22-20-11-5-3-9-18(20)19-10-4-6-12-21(19)22/h3-6,9-12,17,22-23H,7-8,13-16H2,1-2H3,(H,28,33)(H,29,32)(H,30,31). The molecule has 1 saturated carbocycles. The Morgan fingerprint density at radius 2 is 1.56 bits per heavy atom. The van der Waals surface area contributed by atoms with Crippen LogP contribution in [0.25, 0.3) is 11.1 Å². The van der Waals surface area contributed by atoms with Crippen LogP contribution < -0.4 is 10.6 Å². The molecule has 180 valence electrons. The number of benzene rings is 2. The fourth-order valence-corrected chi connectivity index (χ4v) is 5.23. The molecule has 34 heavy (non-hydrogen) atoms. The molecule has 0 aliphatic heterocycles. The van der Waals surface area contributed by atoms with Gasteiger partial charge < -0.3 is 20.5 Å². The summed E-state index contributed by atoms with van der Waals surface area (Å²) >= 11 is 0. The molecule has 2 aliphatic rings. The SMILES string of the molecule is CC(C)C(NC(=O)C1(CNC(=O)OCC2c3ccccc3-c3ccccc32)CCCC1)C(=O)O. The first-order chi connectivity index (χ1) is 16.3. The molecule has 1 unspecified atom stereocenters. The molecule has 4 rings (SSSR count). The summed E-state index contributed by atoms with van der Waals surface area (Å²) in [7, 11) is 0. The van der Waals surface area contributed by atoms with Gasteiger partial charge in [0.25, 0.3) is 0 Å². The number of aliphatic carboxylic acids is 1. The van der Waals surface area contributed by atoms with Gasteiger partial charge in [-0.05, 0) is 41.0 Å². The quantitative estimate of drug-likeness (QED) is 0.540. The molecule has 0 bridgehead atoms. The first-order valence-corrected chi connectivity index (χ1v) is 11.9. The van der Waals surface area contributed by atoms with Crippen LogP contribution in [0.4, 0.5) is 4.79 Å². The lowest BCUT2D eigenvalue weighted by Gasteiger charge is -2.30. The monoisotopic (exact) mass is 464 g/mol. The van der Waals surface area contributed by atoms with Gasteiger partial charge in [-0.15, -0.1) is 0 Å². The molecule has 3 N–H and O–H groups in total. The van der Waals surface area contributed by atoms with Gasteiger partial charge in [-0.2, -0.15) is 0 Å². The Morgan fingerprint density at radius 3 is 2.09 bits per heavy atom. The Bertz CT molecular complexity index is 1030. The number of hydrogen-bond donors (Lipinski definition) is 3. The molecule has 0 heterocycles. The van der Waals surface area contributed by atoms with Crippen LogP contribution in [-0.4, -0.2) is 42.3 Å². The van der Waals surface area contributed by atoms with Crippen LogP contribution >= 0.6 is 0 Å². The Hall–Kier alpha value is -3.35. The molecule has 0 spiro atoms. The fraction of sp³-hybridized carbons (Fsp3) is 0.444. The molecule has 1 atom stereocenters. The van der Waals surface area contributed by atoms with Crippen LogP contribution in [0.5, 0.6) is 0 Å². The normalized spacial score (nSPS) is 17.0. The Kier molecular flexibility index (Phi) is 6.91. The van der Waals surface area contributed by atoms with Crippen molar-refractivity contribution in [3.63, 3.8) is 0 Å². The van der Waals surface area contributed by atoms with E-state index in [-0.39, 0.29) is 30.9 Å². The predicted octanol–water partition coefficient (Wildman–Crippen LogP) is 4.31. The Labute approximate surface area is 199 Å². The smallest absolute Gasteiger partial charge is 0.407 e. The van der Waals surface area contributed by atoms with Crippen LogP contribution in [0.2, 0.25) is 0 Å². The van der Waals surface area contributed by atoms with Gasteiger partial charge in [0.1, 0.15) is 12.6 Å².